The quantitative estimate of drug-likeness (QED) is 0.538. The molecule has 2 heterocycles. The van der Waals surface area contributed by atoms with E-state index in [1.54, 1.807) is 18.2 Å². The van der Waals surface area contributed by atoms with Gasteiger partial charge in [0.15, 0.2) is 5.78 Å². The third-order valence-corrected chi connectivity index (χ3v) is 4.33. The van der Waals surface area contributed by atoms with Crippen LogP contribution in [-0.2, 0) is 0 Å². The molecule has 3 aromatic rings. The number of nitrogens with zero attached hydrogens (tertiary/aromatic N) is 1. The molecule has 0 fully saturated rings. The topological polar surface area (TPSA) is 62.8 Å². The highest BCUT2D eigenvalue weighted by Crippen LogP contribution is 2.35. The molecule has 0 aliphatic heterocycles. The van der Waals surface area contributed by atoms with Crippen LogP contribution in [0.2, 0.25) is 10.0 Å². The highest BCUT2D eigenvalue weighted by Gasteiger charge is 2.33. The van der Waals surface area contributed by atoms with Gasteiger partial charge in [0.2, 0.25) is 5.78 Å². The summed E-state index contributed by atoms with van der Waals surface area (Å²) in [6.45, 7) is 0. The van der Waals surface area contributed by atoms with E-state index in [0.29, 0.717) is 37.6 Å². The Bertz CT molecular complexity index is 960. The predicted molar refractivity (Wildman–Crippen MR) is 79.4 cm³/mol. The number of benzene rings is 1. The summed E-state index contributed by atoms with van der Waals surface area (Å²) in [4.78, 5) is 32.0. The molecule has 1 aromatic carbocycles. The maximum absolute atomic E-state index is 12.6. The summed E-state index contributed by atoms with van der Waals surface area (Å²) < 4.78 is 0. The largest absolute Gasteiger partial charge is 0.351 e. The van der Waals surface area contributed by atoms with Crippen molar-refractivity contribution in [2.45, 2.75) is 0 Å². The summed E-state index contributed by atoms with van der Waals surface area (Å²) >= 11 is 12.0. The molecule has 0 atom stereocenters. The van der Waals surface area contributed by atoms with E-state index in [0.717, 1.165) is 0 Å². The SMILES string of the molecule is O=C1c2ccncc2C(=O)c2c1[nH]c1cc(Cl)c(Cl)cc21. The summed E-state index contributed by atoms with van der Waals surface area (Å²) in [6.07, 6.45) is 2.90. The van der Waals surface area contributed by atoms with Gasteiger partial charge in [-0.25, -0.2) is 0 Å². The highest BCUT2D eigenvalue weighted by molar-refractivity contribution is 6.43. The van der Waals surface area contributed by atoms with Crippen molar-refractivity contribution in [1.29, 1.82) is 0 Å². The molecular weight excluding hydrogens is 311 g/mol. The molecular formula is C15H6Cl2N2O2. The number of carbonyl (C=O) groups excluding carboxylic acids is 2. The van der Waals surface area contributed by atoms with Crippen LogP contribution in [0.3, 0.4) is 0 Å². The summed E-state index contributed by atoms with van der Waals surface area (Å²) in [7, 11) is 0. The van der Waals surface area contributed by atoms with Gasteiger partial charge in [-0.3, -0.25) is 14.6 Å². The monoisotopic (exact) mass is 316 g/mol. The first-order chi connectivity index (χ1) is 10.1. The molecule has 0 saturated carbocycles. The van der Waals surface area contributed by atoms with Crippen LogP contribution in [0.25, 0.3) is 10.9 Å². The molecule has 21 heavy (non-hydrogen) atoms. The lowest BCUT2D eigenvalue weighted by Gasteiger charge is -2.13. The number of ketones is 2. The Kier molecular flexibility index (Phi) is 2.49. The van der Waals surface area contributed by atoms with Crippen molar-refractivity contribution in [3.05, 3.63) is 63.0 Å². The number of carbonyl (C=O) groups is 2. The van der Waals surface area contributed by atoms with Gasteiger partial charge in [-0.2, -0.15) is 0 Å². The van der Waals surface area contributed by atoms with E-state index in [9.17, 15) is 9.59 Å². The summed E-state index contributed by atoms with van der Waals surface area (Å²) in [5.74, 6) is -0.470. The van der Waals surface area contributed by atoms with Crippen LogP contribution >= 0.6 is 23.2 Å². The standard InChI is InChI=1S/C15H6Cl2N2O2/c16-9-3-7-11(4-10(9)17)19-13-12(7)14(20)8-5-18-2-1-6(8)15(13)21/h1-5,19H. The van der Waals surface area contributed by atoms with E-state index in [2.05, 4.69) is 9.97 Å². The fourth-order valence-electron chi connectivity index (χ4n) is 2.64. The van der Waals surface area contributed by atoms with E-state index in [1.165, 1.54) is 12.4 Å². The maximum atomic E-state index is 12.6. The number of hydrogen-bond donors (Lipinski definition) is 1. The minimum absolute atomic E-state index is 0.231. The number of nitrogens with one attached hydrogen (secondary N) is 1. The zero-order valence-corrected chi connectivity index (χ0v) is 11.9. The normalized spacial score (nSPS) is 13.4. The Morgan fingerprint density at radius 1 is 1.00 bits per heavy atom. The zero-order chi connectivity index (χ0) is 14.7. The van der Waals surface area contributed by atoms with Crippen LogP contribution in [-0.4, -0.2) is 21.5 Å². The Balaban J connectivity index is 2.11. The first kappa shape index (κ1) is 12.6. The second-order valence-electron chi connectivity index (χ2n) is 4.77. The van der Waals surface area contributed by atoms with Crippen molar-refractivity contribution >= 4 is 45.7 Å². The van der Waals surface area contributed by atoms with E-state index in [1.807, 2.05) is 0 Å². The van der Waals surface area contributed by atoms with Gasteiger partial charge in [-0.1, -0.05) is 23.2 Å². The average molecular weight is 317 g/mol. The van der Waals surface area contributed by atoms with Crippen LogP contribution in [0.15, 0.2) is 30.6 Å². The summed E-state index contributed by atoms with van der Waals surface area (Å²) in [5, 5.41) is 1.29. The molecule has 6 heteroatoms. The number of pyridine rings is 1. The lowest BCUT2D eigenvalue weighted by Crippen LogP contribution is -2.20. The fourth-order valence-corrected chi connectivity index (χ4v) is 2.97. The molecule has 102 valence electrons. The van der Waals surface area contributed by atoms with Gasteiger partial charge in [0.1, 0.15) is 0 Å². The molecule has 1 aliphatic carbocycles. The molecule has 0 unspecified atom stereocenters. The second-order valence-corrected chi connectivity index (χ2v) is 5.58. The van der Waals surface area contributed by atoms with E-state index in [-0.39, 0.29) is 17.3 Å². The molecule has 4 nitrogen and oxygen atoms in total. The van der Waals surface area contributed by atoms with E-state index < -0.39 is 0 Å². The minimum Gasteiger partial charge on any atom is -0.351 e. The molecule has 0 spiro atoms. The van der Waals surface area contributed by atoms with Crippen molar-refractivity contribution in [2.75, 3.05) is 0 Å². The third-order valence-electron chi connectivity index (χ3n) is 3.60. The first-order valence-corrected chi connectivity index (χ1v) is 6.87. The highest BCUT2D eigenvalue weighted by atomic mass is 35.5. The number of halogens is 2. The molecule has 2 aromatic heterocycles. The number of H-pyrrole nitrogens is 1. The second kappa shape index (κ2) is 4.16. The molecule has 0 saturated heterocycles. The van der Waals surface area contributed by atoms with Crippen molar-refractivity contribution in [2.24, 2.45) is 0 Å². The number of rotatable bonds is 0. The number of hydrogen-bond acceptors (Lipinski definition) is 3. The van der Waals surface area contributed by atoms with Crippen molar-refractivity contribution in [3.63, 3.8) is 0 Å². The van der Waals surface area contributed by atoms with Crippen LogP contribution in [0.5, 0.6) is 0 Å². The molecule has 1 N–H and O–H groups in total. The van der Waals surface area contributed by atoms with Gasteiger partial charge in [0, 0.05) is 28.9 Å². The lowest BCUT2D eigenvalue weighted by molar-refractivity contribution is 0.0977. The number of fused-ring (bicyclic) bond motifs is 4. The van der Waals surface area contributed by atoms with E-state index in [4.69, 9.17) is 23.2 Å². The minimum atomic E-state index is -0.239. The zero-order valence-electron chi connectivity index (χ0n) is 10.4. The van der Waals surface area contributed by atoms with Crippen molar-refractivity contribution < 1.29 is 9.59 Å². The predicted octanol–water partition coefficient (Wildman–Crippen LogP) is 3.65. The molecule has 0 amide bonds. The van der Waals surface area contributed by atoms with Crippen LogP contribution < -0.4 is 0 Å². The number of aromatic nitrogens is 2. The smallest absolute Gasteiger partial charge is 0.210 e. The molecule has 0 radical (unpaired) electrons. The van der Waals surface area contributed by atoms with Crippen LogP contribution in [0, 0.1) is 0 Å². The number of aromatic amines is 1. The third kappa shape index (κ3) is 1.60. The van der Waals surface area contributed by atoms with Gasteiger partial charge in [-0.15, -0.1) is 0 Å². The maximum Gasteiger partial charge on any atom is 0.210 e. The van der Waals surface area contributed by atoms with Gasteiger partial charge in [0.05, 0.1) is 26.9 Å². The summed E-state index contributed by atoms with van der Waals surface area (Å²) in [6, 6.07) is 4.76. The van der Waals surface area contributed by atoms with Gasteiger partial charge < -0.3 is 4.98 Å². The Hall–Kier alpha value is -2.17. The Labute approximate surface area is 128 Å². The molecule has 1 aliphatic rings. The Morgan fingerprint density at radius 3 is 2.57 bits per heavy atom. The summed E-state index contributed by atoms with van der Waals surface area (Å²) in [5.41, 5.74) is 1.87. The van der Waals surface area contributed by atoms with Crippen molar-refractivity contribution in [3.8, 4) is 0 Å². The Morgan fingerprint density at radius 2 is 1.76 bits per heavy atom. The van der Waals surface area contributed by atoms with E-state index >= 15 is 0 Å². The first-order valence-electron chi connectivity index (χ1n) is 6.12. The average Bonchev–Trinajstić information content (AvgIpc) is 2.84. The van der Waals surface area contributed by atoms with Gasteiger partial charge in [0.25, 0.3) is 0 Å². The van der Waals surface area contributed by atoms with Crippen LogP contribution in [0.1, 0.15) is 32.0 Å². The lowest BCUT2D eigenvalue weighted by atomic mass is 9.88. The van der Waals surface area contributed by atoms with Gasteiger partial charge >= 0.3 is 0 Å². The fraction of sp³-hybridized carbons (Fsp3) is 0. The van der Waals surface area contributed by atoms with Crippen molar-refractivity contribution in [1.82, 2.24) is 9.97 Å². The van der Waals surface area contributed by atoms with Crippen LogP contribution in [0.4, 0.5) is 0 Å². The van der Waals surface area contributed by atoms with Gasteiger partial charge in [-0.05, 0) is 18.2 Å². The molecule has 0 bridgehead atoms. The molecule has 4 rings (SSSR count).